The molecule has 0 aliphatic rings. The summed E-state index contributed by atoms with van der Waals surface area (Å²) in [6.45, 7) is 6.67. The van der Waals surface area contributed by atoms with Gasteiger partial charge in [0.25, 0.3) is 0 Å². The van der Waals surface area contributed by atoms with Crippen molar-refractivity contribution in [1.29, 1.82) is 0 Å². The lowest BCUT2D eigenvalue weighted by atomic mass is 10.1. The normalized spacial score (nSPS) is 10.6. The fourth-order valence-electron chi connectivity index (χ4n) is 2.65. The predicted octanol–water partition coefficient (Wildman–Crippen LogP) is 5.01. The van der Waals surface area contributed by atoms with Crippen LogP contribution in [0, 0.1) is 13.8 Å². The number of amides is 1. The lowest BCUT2D eigenvalue weighted by molar-refractivity contribution is -0.115. The van der Waals surface area contributed by atoms with Crippen LogP contribution in [0.15, 0.2) is 48.5 Å². The molecule has 3 aromatic rings. The van der Waals surface area contributed by atoms with Crippen LogP contribution >= 0.6 is 11.3 Å². The van der Waals surface area contributed by atoms with Crippen LogP contribution in [0.3, 0.4) is 0 Å². The predicted molar refractivity (Wildman–Crippen MR) is 107 cm³/mol. The molecule has 0 aliphatic carbocycles. The maximum absolute atomic E-state index is 12.3. The van der Waals surface area contributed by atoms with Gasteiger partial charge in [-0.25, -0.2) is 4.98 Å². The van der Waals surface area contributed by atoms with Crippen LogP contribution in [-0.4, -0.2) is 17.5 Å². The number of carbonyl (C=O) groups is 1. The highest BCUT2D eigenvalue weighted by molar-refractivity contribution is 7.12. The third-order valence-corrected chi connectivity index (χ3v) is 4.90. The van der Waals surface area contributed by atoms with E-state index >= 15 is 0 Å². The highest BCUT2D eigenvalue weighted by Gasteiger charge is 2.13. The van der Waals surface area contributed by atoms with Crippen molar-refractivity contribution >= 4 is 22.9 Å². The topological polar surface area (TPSA) is 51.2 Å². The summed E-state index contributed by atoms with van der Waals surface area (Å²) in [6, 6.07) is 15.7. The van der Waals surface area contributed by atoms with Crippen molar-refractivity contribution in [3.8, 4) is 17.0 Å². The Balaban J connectivity index is 1.69. The fourth-order valence-corrected chi connectivity index (χ4v) is 3.60. The molecule has 0 radical (unpaired) electrons. The summed E-state index contributed by atoms with van der Waals surface area (Å²) >= 11 is 1.56. The van der Waals surface area contributed by atoms with Crippen LogP contribution in [0.25, 0.3) is 11.3 Å². The molecule has 0 fully saturated rings. The van der Waals surface area contributed by atoms with Gasteiger partial charge in [0.2, 0.25) is 5.91 Å². The van der Waals surface area contributed by atoms with E-state index in [9.17, 15) is 4.79 Å². The second kappa shape index (κ2) is 8.15. The molecule has 0 atom stereocenters. The van der Waals surface area contributed by atoms with Gasteiger partial charge in [-0.15, -0.1) is 11.3 Å². The highest BCUT2D eigenvalue weighted by Crippen LogP contribution is 2.29. The van der Waals surface area contributed by atoms with Crippen molar-refractivity contribution in [2.75, 3.05) is 11.9 Å². The van der Waals surface area contributed by atoms with Crippen LogP contribution in [-0.2, 0) is 11.2 Å². The summed E-state index contributed by atoms with van der Waals surface area (Å²) in [6.07, 6.45) is 0.274. The second-order valence-electron chi connectivity index (χ2n) is 6.06. The average Bonchev–Trinajstić information content (AvgIpc) is 2.98. The minimum Gasteiger partial charge on any atom is -0.494 e. The van der Waals surface area contributed by atoms with Crippen LogP contribution < -0.4 is 10.1 Å². The van der Waals surface area contributed by atoms with Crippen molar-refractivity contribution in [1.82, 2.24) is 4.98 Å². The van der Waals surface area contributed by atoms with E-state index in [1.165, 1.54) is 5.56 Å². The Kier molecular flexibility index (Phi) is 5.68. The van der Waals surface area contributed by atoms with Gasteiger partial charge in [0.05, 0.1) is 18.7 Å². The largest absolute Gasteiger partial charge is 0.494 e. The number of ether oxygens (including phenoxy) is 1. The van der Waals surface area contributed by atoms with E-state index in [0.29, 0.717) is 6.61 Å². The lowest BCUT2D eigenvalue weighted by Crippen LogP contribution is -2.14. The lowest BCUT2D eigenvalue weighted by Gasteiger charge is -2.04. The zero-order valence-corrected chi connectivity index (χ0v) is 16.0. The Morgan fingerprint density at radius 3 is 2.42 bits per heavy atom. The van der Waals surface area contributed by atoms with E-state index in [1.807, 2.05) is 69.3 Å². The second-order valence-corrected chi connectivity index (χ2v) is 7.35. The summed E-state index contributed by atoms with van der Waals surface area (Å²) in [5.74, 6) is 0.794. The van der Waals surface area contributed by atoms with Gasteiger partial charge < -0.3 is 10.1 Å². The molecule has 1 heterocycles. The molecule has 0 bridgehead atoms. The molecule has 3 rings (SSSR count). The van der Waals surface area contributed by atoms with Gasteiger partial charge in [0.15, 0.2) is 0 Å². The molecule has 1 aromatic heterocycles. The van der Waals surface area contributed by atoms with E-state index in [1.54, 1.807) is 11.3 Å². The van der Waals surface area contributed by atoms with E-state index < -0.39 is 0 Å². The van der Waals surface area contributed by atoms with Crippen molar-refractivity contribution in [3.63, 3.8) is 0 Å². The molecule has 5 heteroatoms. The Labute approximate surface area is 157 Å². The number of hydrogen-bond donors (Lipinski definition) is 1. The number of carbonyl (C=O) groups excluding carboxylic acids is 1. The van der Waals surface area contributed by atoms with E-state index in [2.05, 4.69) is 10.3 Å². The summed E-state index contributed by atoms with van der Waals surface area (Å²) in [5.41, 5.74) is 3.93. The minimum absolute atomic E-state index is 0.0548. The van der Waals surface area contributed by atoms with Crippen molar-refractivity contribution < 1.29 is 9.53 Å². The van der Waals surface area contributed by atoms with Crippen LogP contribution in [0.5, 0.6) is 5.75 Å². The monoisotopic (exact) mass is 366 g/mol. The van der Waals surface area contributed by atoms with Gasteiger partial charge in [0, 0.05) is 16.1 Å². The number of aromatic nitrogens is 1. The zero-order chi connectivity index (χ0) is 18.5. The number of aryl methyl sites for hydroxylation is 2. The van der Waals surface area contributed by atoms with Crippen LogP contribution in [0.4, 0.5) is 5.69 Å². The maximum atomic E-state index is 12.3. The SMILES string of the molecule is CCOc1ccc(-c2nc(CC(=O)Nc3ccc(C)cc3)sc2C)cc1. The number of rotatable bonds is 6. The summed E-state index contributed by atoms with van der Waals surface area (Å²) in [4.78, 5) is 18.1. The highest BCUT2D eigenvalue weighted by atomic mass is 32.1. The molecule has 0 spiro atoms. The average molecular weight is 366 g/mol. The first kappa shape index (κ1) is 18.1. The number of nitrogens with zero attached hydrogens (tertiary/aromatic N) is 1. The standard InChI is InChI=1S/C21H22N2O2S/c1-4-25-18-11-7-16(8-12-18)21-15(3)26-20(23-21)13-19(24)22-17-9-5-14(2)6-10-17/h5-12H,4,13H2,1-3H3,(H,22,24). The molecule has 4 nitrogen and oxygen atoms in total. The number of thiazole rings is 1. The quantitative estimate of drug-likeness (QED) is 0.667. The van der Waals surface area contributed by atoms with Crippen molar-refractivity contribution in [2.45, 2.75) is 27.2 Å². The summed E-state index contributed by atoms with van der Waals surface area (Å²) in [7, 11) is 0. The molecule has 134 valence electrons. The smallest absolute Gasteiger partial charge is 0.231 e. The Hall–Kier alpha value is -2.66. The van der Waals surface area contributed by atoms with Gasteiger partial charge >= 0.3 is 0 Å². The molecule has 26 heavy (non-hydrogen) atoms. The molecule has 2 aromatic carbocycles. The Morgan fingerprint density at radius 1 is 1.08 bits per heavy atom. The molecule has 1 amide bonds. The first-order valence-corrected chi connectivity index (χ1v) is 9.43. The number of nitrogens with one attached hydrogen (secondary N) is 1. The van der Waals surface area contributed by atoms with Crippen LogP contribution in [0.1, 0.15) is 22.4 Å². The number of benzene rings is 2. The molecular weight excluding hydrogens is 344 g/mol. The molecule has 0 aliphatic heterocycles. The fraction of sp³-hybridized carbons (Fsp3) is 0.238. The first-order valence-electron chi connectivity index (χ1n) is 8.61. The van der Waals surface area contributed by atoms with E-state index in [0.717, 1.165) is 32.6 Å². The van der Waals surface area contributed by atoms with Gasteiger partial charge in [0.1, 0.15) is 10.8 Å². The Morgan fingerprint density at radius 2 is 1.77 bits per heavy atom. The van der Waals surface area contributed by atoms with Gasteiger partial charge in [-0.3, -0.25) is 4.79 Å². The van der Waals surface area contributed by atoms with Crippen molar-refractivity contribution in [3.05, 3.63) is 64.0 Å². The van der Waals surface area contributed by atoms with Gasteiger partial charge in [-0.2, -0.15) is 0 Å². The summed E-state index contributed by atoms with van der Waals surface area (Å²) < 4.78 is 5.48. The minimum atomic E-state index is -0.0548. The molecule has 0 saturated carbocycles. The third-order valence-electron chi connectivity index (χ3n) is 3.93. The van der Waals surface area contributed by atoms with Crippen molar-refractivity contribution in [2.24, 2.45) is 0 Å². The first-order chi connectivity index (χ1) is 12.5. The van der Waals surface area contributed by atoms with E-state index in [-0.39, 0.29) is 12.3 Å². The molecule has 1 N–H and O–H groups in total. The van der Waals surface area contributed by atoms with Crippen LogP contribution in [0.2, 0.25) is 0 Å². The number of anilines is 1. The maximum Gasteiger partial charge on any atom is 0.231 e. The molecule has 0 unspecified atom stereocenters. The van der Waals surface area contributed by atoms with E-state index in [4.69, 9.17) is 4.74 Å². The molecule has 0 saturated heterocycles. The third kappa shape index (κ3) is 4.49. The van der Waals surface area contributed by atoms with Gasteiger partial charge in [-0.05, 0) is 57.2 Å². The summed E-state index contributed by atoms with van der Waals surface area (Å²) in [5, 5.41) is 3.73. The van der Waals surface area contributed by atoms with Gasteiger partial charge in [-0.1, -0.05) is 17.7 Å². The Bertz CT molecular complexity index is 883. The molecular formula is C21H22N2O2S. The zero-order valence-electron chi connectivity index (χ0n) is 15.2. The number of hydrogen-bond acceptors (Lipinski definition) is 4.